The Balaban J connectivity index is 1.43. The lowest BCUT2D eigenvalue weighted by molar-refractivity contribution is -0.134. The molecule has 0 aliphatic carbocycles. The molecule has 3 fully saturated rings. The van der Waals surface area contributed by atoms with Gasteiger partial charge in [0.1, 0.15) is 0 Å². The van der Waals surface area contributed by atoms with Crippen molar-refractivity contribution in [3.05, 3.63) is 66.0 Å². The van der Waals surface area contributed by atoms with Gasteiger partial charge in [-0.15, -0.1) is 0 Å². The number of carbonyl (C=O) groups is 1. The zero-order chi connectivity index (χ0) is 17.1. The van der Waals surface area contributed by atoms with Crippen molar-refractivity contribution in [2.45, 2.75) is 31.8 Å². The van der Waals surface area contributed by atoms with Gasteiger partial charge in [-0.05, 0) is 36.0 Å². The fraction of sp³-hybridized carbons (Fsp3) is 0.429. The Kier molecular flexibility index (Phi) is 4.79. The first-order chi connectivity index (χ1) is 12.3. The number of amides is 1. The molecule has 2 aromatic rings. The molecular weight excluding hydrogens is 310 g/mol. The van der Waals surface area contributed by atoms with Crippen LogP contribution in [0.15, 0.2) is 54.9 Å². The smallest absolute Gasteiger partial charge is 0.227 e. The Morgan fingerprint density at radius 3 is 2.64 bits per heavy atom. The van der Waals surface area contributed by atoms with Crippen LogP contribution in [0.3, 0.4) is 0 Å². The topological polar surface area (TPSA) is 36.4 Å². The van der Waals surface area contributed by atoms with E-state index < -0.39 is 0 Å². The van der Waals surface area contributed by atoms with Gasteiger partial charge in [0.15, 0.2) is 0 Å². The van der Waals surface area contributed by atoms with Crippen LogP contribution in [0.1, 0.15) is 24.0 Å². The Labute approximate surface area is 149 Å². The predicted octanol–water partition coefficient (Wildman–Crippen LogP) is 2.75. The van der Waals surface area contributed by atoms with Crippen molar-refractivity contribution in [1.29, 1.82) is 0 Å². The quantitative estimate of drug-likeness (QED) is 0.862. The van der Waals surface area contributed by atoms with Crippen LogP contribution >= 0.6 is 0 Å². The van der Waals surface area contributed by atoms with Crippen LogP contribution < -0.4 is 0 Å². The van der Waals surface area contributed by atoms with Crippen molar-refractivity contribution < 1.29 is 4.79 Å². The number of benzene rings is 1. The van der Waals surface area contributed by atoms with E-state index in [1.54, 1.807) is 12.4 Å². The number of piperidine rings is 1. The molecule has 4 heterocycles. The molecular formula is C21H25N3O. The number of hydrogen-bond acceptors (Lipinski definition) is 3. The number of carbonyl (C=O) groups excluding carboxylic acids is 1. The van der Waals surface area contributed by atoms with Gasteiger partial charge in [0, 0.05) is 44.6 Å². The highest BCUT2D eigenvalue weighted by molar-refractivity contribution is 5.79. The Bertz CT molecular complexity index is 704. The maximum Gasteiger partial charge on any atom is 0.227 e. The summed E-state index contributed by atoms with van der Waals surface area (Å²) < 4.78 is 0. The first-order valence-electron chi connectivity index (χ1n) is 9.22. The van der Waals surface area contributed by atoms with E-state index in [1.165, 1.54) is 12.0 Å². The standard InChI is InChI=1S/C21H25N3O/c25-21(11-18-7-4-10-22-12-18)24-15-19-8-9-20(24)16-23(14-19)13-17-5-2-1-3-6-17/h1-7,10,12,19-20H,8-9,11,13-16H2/t19-,20+/m0/s1. The van der Waals surface area contributed by atoms with Crippen molar-refractivity contribution in [3.63, 3.8) is 0 Å². The lowest BCUT2D eigenvalue weighted by atomic mass is 9.94. The van der Waals surface area contributed by atoms with Crippen LogP contribution in [0, 0.1) is 5.92 Å². The highest BCUT2D eigenvalue weighted by Gasteiger charge is 2.36. The second kappa shape index (κ2) is 7.36. The van der Waals surface area contributed by atoms with Crippen LogP contribution in [0.25, 0.3) is 0 Å². The summed E-state index contributed by atoms with van der Waals surface area (Å²) >= 11 is 0. The number of pyridine rings is 1. The van der Waals surface area contributed by atoms with Crippen molar-refractivity contribution >= 4 is 5.91 Å². The van der Waals surface area contributed by atoms with Crippen LogP contribution in [-0.2, 0) is 17.8 Å². The molecule has 4 nitrogen and oxygen atoms in total. The SMILES string of the molecule is O=C(Cc1cccnc1)N1C[C@H]2CC[C@@H]1CN(Cc1ccccc1)C2. The largest absolute Gasteiger partial charge is 0.338 e. The minimum absolute atomic E-state index is 0.254. The average Bonchev–Trinajstić information content (AvgIpc) is 2.94. The van der Waals surface area contributed by atoms with Gasteiger partial charge in [-0.3, -0.25) is 14.7 Å². The summed E-state index contributed by atoms with van der Waals surface area (Å²) in [6.07, 6.45) is 6.40. The molecule has 1 aromatic heterocycles. The second-order valence-corrected chi connectivity index (χ2v) is 7.36. The van der Waals surface area contributed by atoms with Gasteiger partial charge in [-0.2, -0.15) is 0 Å². The maximum absolute atomic E-state index is 12.9. The molecule has 1 aromatic carbocycles. The summed E-state index contributed by atoms with van der Waals surface area (Å²) in [4.78, 5) is 21.7. The average molecular weight is 335 g/mol. The van der Waals surface area contributed by atoms with Gasteiger partial charge in [0.05, 0.1) is 6.42 Å². The molecule has 0 spiro atoms. The van der Waals surface area contributed by atoms with Gasteiger partial charge in [-0.25, -0.2) is 0 Å². The highest BCUT2D eigenvalue weighted by Crippen LogP contribution is 2.29. The predicted molar refractivity (Wildman–Crippen MR) is 97.9 cm³/mol. The summed E-state index contributed by atoms with van der Waals surface area (Å²) in [6, 6.07) is 14.9. The highest BCUT2D eigenvalue weighted by atomic mass is 16.2. The molecule has 2 bridgehead atoms. The van der Waals surface area contributed by atoms with Crippen LogP contribution in [0.5, 0.6) is 0 Å². The van der Waals surface area contributed by atoms with E-state index >= 15 is 0 Å². The molecule has 2 atom stereocenters. The van der Waals surface area contributed by atoms with E-state index in [-0.39, 0.29) is 5.91 Å². The van der Waals surface area contributed by atoms with E-state index in [4.69, 9.17) is 0 Å². The third-order valence-electron chi connectivity index (χ3n) is 5.44. The molecule has 1 amide bonds. The number of rotatable bonds is 4. The number of nitrogens with zero attached hydrogens (tertiary/aromatic N) is 3. The Hall–Kier alpha value is -2.20. The molecule has 5 rings (SSSR count). The first-order valence-corrected chi connectivity index (χ1v) is 9.22. The molecule has 3 aliphatic rings. The number of fused-ring (bicyclic) bond motifs is 4. The minimum Gasteiger partial charge on any atom is -0.338 e. The van der Waals surface area contributed by atoms with Gasteiger partial charge >= 0.3 is 0 Å². The fourth-order valence-corrected chi connectivity index (χ4v) is 4.23. The number of hydrogen-bond donors (Lipinski definition) is 0. The van der Waals surface area contributed by atoms with E-state index in [0.717, 1.165) is 38.2 Å². The molecule has 130 valence electrons. The monoisotopic (exact) mass is 335 g/mol. The van der Waals surface area contributed by atoms with Crippen LogP contribution in [0.4, 0.5) is 0 Å². The normalized spacial score (nSPS) is 23.4. The molecule has 4 heteroatoms. The Morgan fingerprint density at radius 1 is 1.00 bits per heavy atom. The van der Waals surface area contributed by atoms with Crippen LogP contribution in [0.2, 0.25) is 0 Å². The third-order valence-corrected chi connectivity index (χ3v) is 5.44. The first kappa shape index (κ1) is 16.3. The zero-order valence-electron chi connectivity index (χ0n) is 14.6. The summed E-state index contributed by atoms with van der Waals surface area (Å²) in [5.74, 6) is 0.851. The van der Waals surface area contributed by atoms with Crippen molar-refractivity contribution in [2.75, 3.05) is 19.6 Å². The molecule has 3 aliphatic heterocycles. The minimum atomic E-state index is 0.254. The van der Waals surface area contributed by atoms with E-state index in [1.807, 2.05) is 12.1 Å². The summed E-state index contributed by atoms with van der Waals surface area (Å²) in [6.45, 7) is 3.99. The lowest BCUT2D eigenvalue weighted by Gasteiger charge is -2.36. The van der Waals surface area contributed by atoms with Crippen molar-refractivity contribution in [2.24, 2.45) is 5.92 Å². The van der Waals surface area contributed by atoms with Gasteiger partial charge in [0.25, 0.3) is 0 Å². The maximum atomic E-state index is 12.9. The summed E-state index contributed by atoms with van der Waals surface area (Å²) in [7, 11) is 0. The molecule has 3 saturated heterocycles. The zero-order valence-corrected chi connectivity index (χ0v) is 14.6. The van der Waals surface area contributed by atoms with Gasteiger partial charge < -0.3 is 4.90 Å². The van der Waals surface area contributed by atoms with E-state index in [0.29, 0.717) is 18.4 Å². The molecule has 0 unspecified atom stereocenters. The van der Waals surface area contributed by atoms with Crippen molar-refractivity contribution in [3.8, 4) is 0 Å². The Morgan fingerprint density at radius 2 is 1.84 bits per heavy atom. The molecule has 0 radical (unpaired) electrons. The fourth-order valence-electron chi connectivity index (χ4n) is 4.23. The molecule has 25 heavy (non-hydrogen) atoms. The number of aromatic nitrogens is 1. The van der Waals surface area contributed by atoms with E-state index in [2.05, 4.69) is 45.1 Å². The molecule has 0 saturated carbocycles. The van der Waals surface area contributed by atoms with Crippen LogP contribution in [-0.4, -0.2) is 46.4 Å². The van der Waals surface area contributed by atoms with E-state index in [9.17, 15) is 4.79 Å². The molecule has 0 N–H and O–H groups in total. The second-order valence-electron chi connectivity index (χ2n) is 7.36. The third kappa shape index (κ3) is 3.90. The summed E-state index contributed by atoms with van der Waals surface area (Å²) in [5, 5.41) is 0. The van der Waals surface area contributed by atoms with Gasteiger partial charge in [-0.1, -0.05) is 36.4 Å². The van der Waals surface area contributed by atoms with Crippen molar-refractivity contribution in [1.82, 2.24) is 14.8 Å². The summed E-state index contributed by atoms with van der Waals surface area (Å²) in [5.41, 5.74) is 2.37. The lowest BCUT2D eigenvalue weighted by Crippen LogP contribution is -2.48. The van der Waals surface area contributed by atoms with Gasteiger partial charge in [0.2, 0.25) is 5.91 Å².